The highest BCUT2D eigenvalue weighted by molar-refractivity contribution is 8.22. The molecule has 0 saturated heterocycles. The van der Waals surface area contributed by atoms with Gasteiger partial charge in [-0.3, -0.25) is 4.79 Å². The van der Waals surface area contributed by atoms with Gasteiger partial charge in [-0.25, -0.2) is 0 Å². The lowest BCUT2D eigenvalue weighted by molar-refractivity contribution is 0.102. The number of Topliss-reactive ketones (excluding diaryl/α,β-unsaturated/α-hetero) is 1. The molecule has 29 heavy (non-hydrogen) atoms. The van der Waals surface area contributed by atoms with Crippen molar-refractivity contribution in [3.8, 4) is 0 Å². The van der Waals surface area contributed by atoms with Crippen LogP contribution in [0.4, 0.5) is 0 Å². The van der Waals surface area contributed by atoms with Gasteiger partial charge in [-0.15, -0.1) is 23.5 Å². The van der Waals surface area contributed by atoms with Crippen molar-refractivity contribution in [2.75, 3.05) is 11.5 Å². The third-order valence-electron chi connectivity index (χ3n) is 4.61. The normalized spacial score (nSPS) is 10.7. The predicted octanol–water partition coefficient (Wildman–Crippen LogP) is 7.42. The molecule has 3 rings (SSSR count). The summed E-state index contributed by atoms with van der Waals surface area (Å²) in [7, 11) is 0. The Kier molecular flexibility index (Phi) is 8.21. The van der Waals surface area contributed by atoms with Crippen molar-refractivity contribution in [1.82, 2.24) is 0 Å². The van der Waals surface area contributed by atoms with Crippen molar-refractivity contribution in [2.45, 2.75) is 19.8 Å². The molecule has 0 aliphatic rings. The molecular formula is C26H26OS2. The van der Waals surface area contributed by atoms with E-state index >= 15 is 0 Å². The first-order chi connectivity index (χ1) is 14.3. The predicted molar refractivity (Wildman–Crippen MR) is 129 cm³/mol. The van der Waals surface area contributed by atoms with Crippen LogP contribution in [-0.2, 0) is 0 Å². The number of hydrogen-bond acceptors (Lipinski definition) is 3. The Balaban J connectivity index is 2.25. The van der Waals surface area contributed by atoms with Crippen LogP contribution in [0.15, 0.2) is 101 Å². The second kappa shape index (κ2) is 11.1. The summed E-state index contributed by atoms with van der Waals surface area (Å²) in [5, 5.41) is 0. The lowest BCUT2D eigenvalue weighted by Gasteiger charge is -2.24. The van der Waals surface area contributed by atoms with E-state index in [1.807, 2.05) is 42.5 Å². The van der Waals surface area contributed by atoms with Crippen LogP contribution in [0.2, 0.25) is 0 Å². The van der Waals surface area contributed by atoms with Gasteiger partial charge in [0.15, 0.2) is 5.78 Å². The molecule has 3 aromatic carbocycles. The van der Waals surface area contributed by atoms with Crippen molar-refractivity contribution < 1.29 is 4.79 Å². The summed E-state index contributed by atoms with van der Waals surface area (Å²) in [6.07, 6.45) is 0. The SMILES string of the molecule is CCSC(SCC)=C(C(=O)c1ccccc1)C(c1ccccc1)c1ccccc1. The van der Waals surface area contributed by atoms with Crippen LogP contribution in [0, 0.1) is 0 Å². The van der Waals surface area contributed by atoms with E-state index in [0.29, 0.717) is 0 Å². The number of carbonyl (C=O) groups excluding carboxylic acids is 1. The number of rotatable bonds is 9. The van der Waals surface area contributed by atoms with E-state index in [4.69, 9.17) is 0 Å². The fourth-order valence-corrected chi connectivity index (χ4v) is 5.66. The molecule has 0 radical (unpaired) electrons. The Morgan fingerprint density at radius 1 is 0.690 bits per heavy atom. The number of benzene rings is 3. The van der Waals surface area contributed by atoms with E-state index in [1.165, 1.54) is 0 Å². The van der Waals surface area contributed by atoms with Crippen LogP contribution in [0.25, 0.3) is 0 Å². The van der Waals surface area contributed by atoms with Crippen molar-refractivity contribution in [3.63, 3.8) is 0 Å². The van der Waals surface area contributed by atoms with E-state index < -0.39 is 0 Å². The standard InChI is InChI=1S/C26H26OS2/c1-3-28-26(29-4-2)24(25(27)22-18-12-7-13-19-22)23(20-14-8-5-9-15-20)21-16-10-6-11-17-21/h5-19,23H,3-4H2,1-2H3. The molecular weight excluding hydrogens is 392 g/mol. The minimum Gasteiger partial charge on any atom is -0.289 e. The van der Waals surface area contributed by atoms with E-state index in [-0.39, 0.29) is 11.7 Å². The van der Waals surface area contributed by atoms with E-state index in [9.17, 15) is 4.79 Å². The van der Waals surface area contributed by atoms with Gasteiger partial charge in [0.05, 0.1) is 0 Å². The van der Waals surface area contributed by atoms with Gasteiger partial charge in [0.2, 0.25) is 0 Å². The van der Waals surface area contributed by atoms with Crippen LogP contribution >= 0.6 is 23.5 Å². The average molecular weight is 419 g/mol. The zero-order valence-electron chi connectivity index (χ0n) is 16.9. The molecule has 148 valence electrons. The molecule has 1 nitrogen and oxygen atoms in total. The molecule has 0 amide bonds. The molecule has 0 aliphatic carbocycles. The number of thioether (sulfide) groups is 2. The molecule has 0 saturated carbocycles. The number of ketones is 1. The summed E-state index contributed by atoms with van der Waals surface area (Å²) in [4.78, 5) is 13.8. The first kappa shape index (κ1) is 21.5. The van der Waals surface area contributed by atoms with Crippen molar-refractivity contribution in [3.05, 3.63) is 117 Å². The van der Waals surface area contributed by atoms with Crippen molar-refractivity contribution >= 4 is 29.3 Å². The summed E-state index contributed by atoms with van der Waals surface area (Å²) >= 11 is 3.54. The lowest BCUT2D eigenvalue weighted by Crippen LogP contribution is -2.15. The average Bonchev–Trinajstić information content (AvgIpc) is 2.79. The molecule has 0 heterocycles. The summed E-state index contributed by atoms with van der Waals surface area (Å²) in [6, 6.07) is 30.4. The maximum atomic E-state index is 13.8. The zero-order valence-corrected chi connectivity index (χ0v) is 18.5. The van der Waals surface area contributed by atoms with Crippen molar-refractivity contribution in [1.29, 1.82) is 0 Å². The summed E-state index contributed by atoms with van der Waals surface area (Å²) in [5.74, 6) is 1.88. The molecule has 0 bridgehead atoms. The first-order valence-corrected chi connectivity index (χ1v) is 11.9. The monoisotopic (exact) mass is 418 g/mol. The highest BCUT2D eigenvalue weighted by atomic mass is 32.2. The Morgan fingerprint density at radius 2 is 1.10 bits per heavy atom. The van der Waals surface area contributed by atoms with Gasteiger partial charge in [0.25, 0.3) is 0 Å². The third-order valence-corrected chi connectivity index (χ3v) is 6.85. The van der Waals surface area contributed by atoms with Crippen LogP contribution in [0.3, 0.4) is 0 Å². The number of allylic oxidation sites excluding steroid dienone is 1. The molecule has 0 aliphatic heterocycles. The quantitative estimate of drug-likeness (QED) is 0.266. The maximum Gasteiger partial charge on any atom is 0.191 e. The van der Waals surface area contributed by atoms with Crippen LogP contribution in [-0.4, -0.2) is 17.3 Å². The van der Waals surface area contributed by atoms with Gasteiger partial charge < -0.3 is 0 Å². The fraction of sp³-hybridized carbons (Fsp3) is 0.192. The molecule has 0 unspecified atom stereocenters. The van der Waals surface area contributed by atoms with Gasteiger partial charge in [-0.2, -0.15) is 0 Å². The molecule has 0 spiro atoms. The second-order valence-electron chi connectivity index (χ2n) is 6.52. The second-order valence-corrected chi connectivity index (χ2v) is 9.32. The fourth-order valence-electron chi connectivity index (χ4n) is 3.36. The number of carbonyl (C=O) groups is 1. The van der Waals surface area contributed by atoms with Crippen LogP contribution in [0.1, 0.15) is 41.3 Å². The van der Waals surface area contributed by atoms with Gasteiger partial charge in [0, 0.05) is 21.3 Å². The molecule has 3 aromatic rings. The third kappa shape index (κ3) is 5.43. The largest absolute Gasteiger partial charge is 0.289 e. The Bertz CT molecular complexity index is 887. The van der Waals surface area contributed by atoms with Gasteiger partial charge >= 0.3 is 0 Å². The van der Waals surface area contributed by atoms with Gasteiger partial charge in [-0.1, -0.05) is 105 Å². The van der Waals surface area contributed by atoms with Gasteiger partial charge in [0.1, 0.15) is 0 Å². The maximum absolute atomic E-state index is 13.8. The summed E-state index contributed by atoms with van der Waals surface area (Å²) < 4.78 is 1.13. The minimum atomic E-state index is -0.0989. The van der Waals surface area contributed by atoms with Crippen molar-refractivity contribution in [2.24, 2.45) is 0 Å². The topological polar surface area (TPSA) is 17.1 Å². The Hall–Kier alpha value is -2.23. The molecule has 0 atom stereocenters. The zero-order chi connectivity index (χ0) is 20.5. The molecule has 3 heteroatoms. The Morgan fingerprint density at radius 3 is 1.52 bits per heavy atom. The molecule has 0 aromatic heterocycles. The highest BCUT2D eigenvalue weighted by Gasteiger charge is 2.28. The Labute approximate surface area is 182 Å². The number of hydrogen-bond donors (Lipinski definition) is 0. The molecule has 0 N–H and O–H groups in total. The van der Waals surface area contributed by atoms with Crippen LogP contribution in [0.5, 0.6) is 0 Å². The first-order valence-electron chi connectivity index (χ1n) is 9.95. The summed E-state index contributed by atoms with van der Waals surface area (Å²) in [6.45, 7) is 4.29. The summed E-state index contributed by atoms with van der Waals surface area (Å²) in [5.41, 5.74) is 3.91. The van der Waals surface area contributed by atoms with E-state index in [2.05, 4.69) is 62.4 Å². The van der Waals surface area contributed by atoms with E-state index in [0.717, 1.165) is 38.0 Å². The highest BCUT2D eigenvalue weighted by Crippen LogP contribution is 2.42. The van der Waals surface area contributed by atoms with E-state index in [1.54, 1.807) is 23.5 Å². The van der Waals surface area contributed by atoms with Gasteiger partial charge in [-0.05, 0) is 22.6 Å². The minimum absolute atomic E-state index is 0.0989. The lowest BCUT2D eigenvalue weighted by atomic mass is 9.82. The van der Waals surface area contributed by atoms with Crippen LogP contribution < -0.4 is 0 Å². The molecule has 0 fully saturated rings. The smallest absolute Gasteiger partial charge is 0.191 e.